The van der Waals surface area contributed by atoms with Crippen molar-refractivity contribution in [2.75, 3.05) is 18.3 Å². The molecule has 0 saturated carbocycles. The zero-order valence-electron chi connectivity index (χ0n) is 5.85. The van der Waals surface area contributed by atoms with Gasteiger partial charge in [0.25, 0.3) is 0 Å². The van der Waals surface area contributed by atoms with Gasteiger partial charge in [0, 0.05) is 6.42 Å². The van der Waals surface area contributed by atoms with Gasteiger partial charge in [-0.25, -0.2) is 0 Å². The van der Waals surface area contributed by atoms with Crippen molar-refractivity contribution in [2.45, 2.75) is 6.42 Å². The number of thiocyanates is 1. The predicted molar refractivity (Wildman–Crippen MR) is 43.4 cm³/mol. The molecule has 0 radical (unpaired) electrons. The Hall–Kier alpha value is -0.600. The number of hydrogen-bond acceptors (Lipinski definition) is 1. The third kappa shape index (κ3) is 3.94. The topological polar surface area (TPSA) is 23.8 Å². The molecule has 0 rings (SSSR count). The summed E-state index contributed by atoms with van der Waals surface area (Å²) in [6.45, 7) is 0. The summed E-state index contributed by atoms with van der Waals surface area (Å²) in [4.78, 5) is 0. The molecule has 0 fully saturated rings. The monoisotopic (exact) mass is 141 g/mol. The second kappa shape index (κ2) is 3.43. The molecule has 0 amide bonds. The van der Waals surface area contributed by atoms with Crippen LogP contribution in [0.5, 0.6) is 0 Å². The van der Waals surface area contributed by atoms with Gasteiger partial charge in [-0.3, -0.25) is 0 Å². The van der Waals surface area contributed by atoms with Crippen LogP contribution in [0.25, 0.3) is 0 Å². The van der Waals surface area contributed by atoms with Crippen LogP contribution in [0.1, 0.15) is 6.42 Å². The molecule has 0 bridgehead atoms. The first-order valence-electron chi connectivity index (χ1n) is 2.68. The molecule has 2 heteroatoms. The van der Waals surface area contributed by atoms with Crippen molar-refractivity contribution < 1.29 is 0 Å². The third-order valence-electron chi connectivity index (χ3n) is 1.00. The van der Waals surface area contributed by atoms with Crippen molar-refractivity contribution in [3.63, 3.8) is 0 Å². The maximum Gasteiger partial charge on any atom is 0.113 e. The zero-order valence-corrected chi connectivity index (χ0v) is 6.66. The van der Waals surface area contributed by atoms with E-state index in [9.17, 15) is 0 Å². The maximum absolute atomic E-state index is 8.54. The van der Waals surface area contributed by atoms with Crippen LogP contribution in [-0.4, -0.2) is 18.3 Å². The predicted octanol–water partition coefficient (Wildman–Crippen LogP) is 1.55. The van der Waals surface area contributed by atoms with Crippen LogP contribution in [-0.2, 0) is 0 Å². The fraction of sp³-hybridized carbons (Fsp3) is 0.571. The summed E-state index contributed by atoms with van der Waals surface area (Å²) >= 11 is 0. The fourth-order valence-electron chi connectivity index (χ4n) is 0.360. The van der Waals surface area contributed by atoms with Crippen LogP contribution in [0.3, 0.4) is 0 Å². The minimum absolute atomic E-state index is 0.732. The summed E-state index contributed by atoms with van der Waals surface area (Å²) in [6, 6.07) is 0. The van der Waals surface area contributed by atoms with Crippen molar-refractivity contribution in [3.05, 3.63) is 0 Å². The second-order valence-corrected chi connectivity index (χ2v) is 5.95. The van der Waals surface area contributed by atoms with Crippen LogP contribution >= 0.6 is 10.0 Å². The van der Waals surface area contributed by atoms with Crippen LogP contribution in [0.2, 0.25) is 0 Å². The summed E-state index contributed by atoms with van der Waals surface area (Å²) in [5.41, 5.74) is 0. The molecule has 0 aliphatic rings. The lowest BCUT2D eigenvalue weighted by Gasteiger charge is -2.18. The minimum atomic E-state index is -1.02. The van der Waals surface area contributed by atoms with Gasteiger partial charge < -0.3 is 0 Å². The average molecular weight is 141 g/mol. The lowest BCUT2D eigenvalue weighted by atomic mass is 10.5. The molecule has 0 atom stereocenters. The van der Waals surface area contributed by atoms with Crippen LogP contribution in [0, 0.1) is 23.0 Å². The molecule has 0 unspecified atom stereocenters. The first kappa shape index (κ1) is 8.40. The maximum atomic E-state index is 8.54. The standard InChI is InChI=1S/C7H11NS/c1-4-5-6-9(2,3)7-8/h1H,5-6H2,2-3H3. The quantitative estimate of drug-likeness (QED) is 0.423. The van der Waals surface area contributed by atoms with E-state index in [1.165, 1.54) is 0 Å². The molecule has 0 aromatic heterocycles. The van der Waals surface area contributed by atoms with Gasteiger partial charge in [-0.05, 0) is 18.3 Å². The van der Waals surface area contributed by atoms with Crippen molar-refractivity contribution >= 4 is 10.0 Å². The highest BCUT2D eigenvalue weighted by molar-refractivity contribution is 8.36. The number of terminal acetylenes is 1. The molecule has 0 heterocycles. The molecule has 50 valence electrons. The van der Waals surface area contributed by atoms with E-state index in [-0.39, 0.29) is 0 Å². The average Bonchev–Trinajstić information content (AvgIpc) is 1.84. The minimum Gasteiger partial charge on any atom is -0.187 e. The molecule has 1 nitrogen and oxygen atoms in total. The Morgan fingerprint density at radius 2 is 2.11 bits per heavy atom. The Morgan fingerprint density at radius 3 is 2.44 bits per heavy atom. The van der Waals surface area contributed by atoms with Crippen molar-refractivity contribution in [1.29, 1.82) is 5.26 Å². The van der Waals surface area contributed by atoms with E-state index in [4.69, 9.17) is 11.7 Å². The summed E-state index contributed by atoms with van der Waals surface area (Å²) in [5.74, 6) is 3.40. The fourth-order valence-corrected chi connectivity index (χ4v) is 1.08. The van der Waals surface area contributed by atoms with Gasteiger partial charge in [0.15, 0.2) is 0 Å². The van der Waals surface area contributed by atoms with Gasteiger partial charge in [0.2, 0.25) is 0 Å². The van der Waals surface area contributed by atoms with Crippen LogP contribution in [0.4, 0.5) is 0 Å². The Bertz CT molecular complexity index is 159. The molecule has 0 saturated heterocycles. The van der Waals surface area contributed by atoms with E-state index >= 15 is 0 Å². The third-order valence-corrected chi connectivity index (χ3v) is 2.72. The molecule has 0 aliphatic carbocycles. The number of hydrogen-bond donors (Lipinski definition) is 0. The zero-order chi connectivity index (χ0) is 7.33. The van der Waals surface area contributed by atoms with Crippen molar-refractivity contribution in [1.82, 2.24) is 0 Å². The number of rotatable bonds is 2. The van der Waals surface area contributed by atoms with Crippen LogP contribution < -0.4 is 0 Å². The summed E-state index contributed by atoms with van der Waals surface area (Å²) in [5, 5.41) is 10.8. The first-order valence-corrected chi connectivity index (χ1v) is 5.29. The SMILES string of the molecule is C#CCCS(C)(C)C#N. The van der Waals surface area contributed by atoms with Gasteiger partial charge in [-0.2, -0.15) is 15.3 Å². The Labute approximate surface area is 58.4 Å². The lowest BCUT2D eigenvalue weighted by Crippen LogP contribution is -1.96. The molecule has 0 spiro atoms. The van der Waals surface area contributed by atoms with E-state index in [1.807, 2.05) is 12.5 Å². The highest BCUT2D eigenvalue weighted by atomic mass is 32.3. The van der Waals surface area contributed by atoms with E-state index in [2.05, 4.69) is 11.3 Å². The molecule has 9 heavy (non-hydrogen) atoms. The Morgan fingerprint density at radius 1 is 1.56 bits per heavy atom. The van der Waals surface area contributed by atoms with Crippen LogP contribution in [0.15, 0.2) is 0 Å². The van der Waals surface area contributed by atoms with Crippen molar-refractivity contribution in [3.8, 4) is 17.7 Å². The molecule has 0 aromatic rings. The molecule has 0 aromatic carbocycles. The summed E-state index contributed by atoms with van der Waals surface area (Å²) < 4.78 is 0. The van der Waals surface area contributed by atoms with Gasteiger partial charge in [0.1, 0.15) is 5.40 Å². The number of nitriles is 1. The Balaban J connectivity index is 3.65. The largest absolute Gasteiger partial charge is 0.187 e. The lowest BCUT2D eigenvalue weighted by molar-refractivity contribution is 1.29. The second-order valence-electron chi connectivity index (χ2n) is 2.29. The number of nitrogens with zero attached hydrogens (tertiary/aromatic N) is 1. The summed E-state index contributed by atoms with van der Waals surface area (Å²) in [7, 11) is -1.02. The molecular weight excluding hydrogens is 130 g/mol. The van der Waals surface area contributed by atoms with Gasteiger partial charge >= 0.3 is 0 Å². The van der Waals surface area contributed by atoms with E-state index in [0.29, 0.717) is 0 Å². The van der Waals surface area contributed by atoms with Gasteiger partial charge in [-0.1, -0.05) is 0 Å². The molecular formula is C7H11NS. The molecule has 0 N–H and O–H groups in total. The first-order chi connectivity index (χ1) is 4.12. The molecule has 0 aliphatic heterocycles. The highest BCUT2D eigenvalue weighted by Crippen LogP contribution is 2.37. The van der Waals surface area contributed by atoms with E-state index in [1.54, 1.807) is 0 Å². The van der Waals surface area contributed by atoms with Gasteiger partial charge in [-0.15, -0.1) is 12.3 Å². The van der Waals surface area contributed by atoms with E-state index < -0.39 is 10.0 Å². The highest BCUT2D eigenvalue weighted by Gasteiger charge is 2.07. The summed E-state index contributed by atoms with van der Waals surface area (Å²) in [6.07, 6.45) is 9.73. The van der Waals surface area contributed by atoms with Crippen molar-refractivity contribution in [2.24, 2.45) is 0 Å². The Kier molecular flexibility index (Phi) is 3.20. The normalized spacial score (nSPS) is 11.6. The van der Waals surface area contributed by atoms with E-state index in [0.717, 1.165) is 12.2 Å². The van der Waals surface area contributed by atoms with Gasteiger partial charge in [0.05, 0.1) is 0 Å². The smallest absolute Gasteiger partial charge is 0.113 e.